The number of hydrogen-bond donors (Lipinski definition) is 0. The molecule has 0 spiro atoms. The number of nitrogens with zero attached hydrogens (tertiary/aromatic N) is 3. The molecule has 0 saturated heterocycles. The SMILES string of the molecule is CCCc1nc(Br)cc(N(C)C(C)Cc2cccs2)n1. The Bertz CT molecular complexity index is 542. The molecule has 2 aromatic heterocycles. The normalized spacial score (nSPS) is 12.4. The number of thiophene rings is 1. The van der Waals surface area contributed by atoms with Crippen LogP contribution in [0.4, 0.5) is 5.82 Å². The van der Waals surface area contributed by atoms with Crippen molar-refractivity contribution in [1.82, 2.24) is 9.97 Å². The third-order valence-electron chi connectivity index (χ3n) is 3.30. The van der Waals surface area contributed by atoms with E-state index in [1.807, 2.05) is 17.4 Å². The molecule has 0 aliphatic heterocycles. The Morgan fingerprint density at radius 1 is 1.40 bits per heavy atom. The van der Waals surface area contributed by atoms with Crippen molar-refractivity contribution in [3.05, 3.63) is 38.9 Å². The van der Waals surface area contributed by atoms with Gasteiger partial charge in [-0.25, -0.2) is 9.97 Å². The average Bonchev–Trinajstić information content (AvgIpc) is 2.90. The van der Waals surface area contributed by atoms with E-state index in [4.69, 9.17) is 0 Å². The molecule has 0 aliphatic carbocycles. The molecule has 0 aliphatic rings. The first-order valence-electron chi connectivity index (χ1n) is 6.88. The van der Waals surface area contributed by atoms with Gasteiger partial charge in [0, 0.05) is 36.9 Å². The van der Waals surface area contributed by atoms with E-state index in [-0.39, 0.29) is 0 Å². The van der Waals surface area contributed by atoms with Crippen LogP contribution in [0.2, 0.25) is 0 Å². The van der Waals surface area contributed by atoms with Crippen molar-refractivity contribution in [3.63, 3.8) is 0 Å². The maximum atomic E-state index is 4.66. The lowest BCUT2D eigenvalue weighted by atomic mass is 10.2. The molecule has 0 amide bonds. The lowest BCUT2D eigenvalue weighted by molar-refractivity contribution is 0.674. The first-order chi connectivity index (χ1) is 9.60. The molecule has 1 atom stereocenters. The first kappa shape index (κ1) is 15.4. The number of halogens is 1. The van der Waals surface area contributed by atoms with Crippen LogP contribution in [0.3, 0.4) is 0 Å². The van der Waals surface area contributed by atoms with Crippen LogP contribution in [0, 0.1) is 0 Å². The highest BCUT2D eigenvalue weighted by Gasteiger charge is 2.14. The van der Waals surface area contributed by atoms with E-state index in [0.717, 1.165) is 35.5 Å². The van der Waals surface area contributed by atoms with Crippen molar-refractivity contribution in [2.24, 2.45) is 0 Å². The summed E-state index contributed by atoms with van der Waals surface area (Å²) < 4.78 is 0.862. The molecule has 2 heterocycles. The molecule has 5 heteroatoms. The van der Waals surface area contributed by atoms with Gasteiger partial charge < -0.3 is 4.90 Å². The fourth-order valence-electron chi connectivity index (χ4n) is 2.05. The quantitative estimate of drug-likeness (QED) is 0.724. The fraction of sp³-hybridized carbons (Fsp3) is 0.467. The lowest BCUT2D eigenvalue weighted by Crippen LogP contribution is -2.31. The van der Waals surface area contributed by atoms with E-state index in [1.54, 1.807) is 0 Å². The van der Waals surface area contributed by atoms with Gasteiger partial charge in [0.1, 0.15) is 16.2 Å². The van der Waals surface area contributed by atoms with Crippen molar-refractivity contribution in [1.29, 1.82) is 0 Å². The smallest absolute Gasteiger partial charge is 0.133 e. The van der Waals surface area contributed by atoms with Crippen LogP contribution in [0.1, 0.15) is 31.0 Å². The number of aromatic nitrogens is 2. The standard InChI is InChI=1S/C15H20BrN3S/c1-4-6-14-17-13(16)10-15(18-14)19(3)11(2)9-12-7-5-8-20-12/h5,7-8,10-11H,4,6,9H2,1-3H3. The summed E-state index contributed by atoms with van der Waals surface area (Å²) in [5, 5.41) is 2.13. The highest BCUT2D eigenvalue weighted by molar-refractivity contribution is 9.10. The van der Waals surface area contributed by atoms with Crippen LogP contribution in [-0.2, 0) is 12.8 Å². The number of hydrogen-bond acceptors (Lipinski definition) is 4. The largest absolute Gasteiger partial charge is 0.356 e. The molecule has 2 rings (SSSR count). The van der Waals surface area contributed by atoms with Crippen LogP contribution in [-0.4, -0.2) is 23.1 Å². The predicted molar refractivity (Wildman–Crippen MR) is 89.6 cm³/mol. The predicted octanol–water partition coefficient (Wildman–Crippen LogP) is 4.32. The van der Waals surface area contributed by atoms with Crippen molar-refractivity contribution < 1.29 is 0 Å². The Morgan fingerprint density at radius 3 is 2.85 bits per heavy atom. The summed E-state index contributed by atoms with van der Waals surface area (Å²) >= 11 is 5.29. The third kappa shape index (κ3) is 4.03. The monoisotopic (exact) mass is 353 g/mol. The highest BCUT2D eigenvalue weighted by atomic mass is 79.9. The van der Waals surface area contributed by atoms with E-state index in [1.165, 1.54) is 4.88 Å². The maximum absolute atomic E-state index is 4.66. The second-order valence-corrected chi connectivity index (χ2v) is 6.80. The third-order valence-corrected chi connectivity index (χ3v) is 4.61. The molecule has 20 heavy (non-hydrogen) atoms. The zero-order valence-electron chi connectivity index (χ0n) is 12.1. The molecular formula is C15H20BrN3S. The summed E-state index contributed by atoms with van der Waals surface area (Å²) in [5.74, 6) is 1.89. The van der Waals surface area contributed by atoms with Gasteiger partial charge in [-0.15, -0.1) is 11.3 Å². The summed E-state index contributed by atoms with van der Waals surface area (Å²) in [5.41, 5.74) is 0. The topological polar surface area (TPSA) is 29.0 Å². The van der Waals surface area contributed by atoms with E-state index in [2.05, 4.69) is 69.2 Å². The van der Waals surface area contributed by atoms with Crippen LogP contribution < -0.4 is 4.90 Å². The Hall–Kier alpha value is -0.940. The van der Waals surface area contributed by atoms with Crippen molar-refractivity contribution >= 4 is 33.1 Å². The summed E-state index contributed by atoms with van der Waals surface area (Å²) in [4.78, 5) is 12.7. The molecule has 0 bridgehead atoms. The molecule has 0 radical (unpaired) electrons. The first-order valence-corrected chi connectivity index (χ1v) is 8.56. The van der Waals surface area contributed by atoms with Crippen LogP contribution in [0.25, 0.3) is 0 Å². The second kappa shape index (κ2) is 7.18. The molecule has 0 fully saturated rings. The van der Waals surface area contributed by atoms with E-state index >= 15 is 0 Å². The molecule has 3 nitrogen and oxygen atoms in total. The number of aryl methyl sites for hydroxylation is 1. The van der Waals surface area contributed by atoms with Crippen molar-refractivity contribution in [2.75, 3.05) is 11.9 Å². The van der Waals surface area contributed by atoms with Gasteiger partial charge in [-0.2, -0.15) is 0 Å². The molecule has 1 unspecified atom stereocenters. The lowest BCUT2D eigenvalue weighted by Gasteiger charge is -2.26. The van der Waals surface area contributed by atoms with E-state index in [9.17, 15) is 0 Å². The van der Waals surface area contributed by atoms with E-state index in [0.29, 0.717) is 6.04 Å². The summed E-state index contributed by atoms with van der Waals surface area (Å²) in [6.45, 7) is 4.38. The zero-order chi connectivity index (χ0) is 14.5. The Kier molecular flexibility index (Phi) is 5.54. The molecular weight excluding hydrogens is 334 g/mol. The molecule has 108 valence electrons. The van der Waals surface area contributed by atoms with E-state index < -0.39 is 0 Å². The van der Waals surface area contributed by atoms with Crippen LogP contribution in [0.5, 0.6) is 0 Å². The molecule has 2 aromatic rings. The number of likely N-dealkylation sites (N-methyl/N-ethyl adjacent to an activating group) is 1. The van der Waals surface area contributed by atoms with Crippen LogP contribution >= 0.6 is 27.3 Å². The van der Waals surface area contributed by atoms with Gasteiger partial charge in [-0.05, 0) is 40.7 Å². The minimum atomic E-state index is 0.407. The minimum absolute atomic E-state index is 0.407. The minimum Gasteiger partial charge on any atom is -0.356 e. The van der Waals surface area contributed by atoms with Gasteiger partial charge in [-0.1, -0.05) is 13.0 Å². The molecule has 0 N–H and O–H groups in total. The summed E-state index contributed by atoms with van der Waals surface area (Å²) in [6.07, 6.45) is 3.02. The molecule has 0 saturated carbocycles. The highest BCUT2D eigenvalue weighted by Crippen LogP contribution is 2.20. The van der Waals surface area contributed by atoms with Gasteiger partial charge in [-0.3, -0.25) is 0 Å². The Morgan fingerprint density at radius 2 is 2.20 bits per heavy atom. The van der Waals surface area contributed by atoms with Crippen molar-refractivity contribution in [2.45, 2.75) is 39.2 Å². The average molecular weight is 354 g/mol. The van der Waals surface area contributed by atoms with Gasteiger partial charge in [0.2, 0.25) is 0 Å². The fourth-order valence-corrected chi connectivity index (χ4v) is 3.29. The summed E-state index contributed by atoms with van der Waals surface area (Å²) in [6, 6.07) is 6.69. The maximum Gasteiger partial charge on any atom is 0.133 e. The van der Waals surface area contributed by atoms with Crippen molar-refractivity contribution in [3.8, 4) is 0 Å². The van der Waals surface area contributed by atoms with Gasteiger partial charge in [0.15, 0.2) is 0 Å². The molecule has 0 aromatic carbocycles. The number of anilines is 1. The Balaban J connectivity index is 2.13. The van der Waals surface area contributed by atoms with Crippen LogP contribution in [0.15, 0.2) is 28.2 Å². The number of rotatable bonds is 6. The van der Waals surface area contributed by atoms with Gasteiger partial charge >= 0.3 is 0 Å². The van der Waals surface area contributed by atoms with Gasteiger partial charge in [0.05, 0.1) is 0 Å². The zero-order valence-corrected chi connectivity index (χ0v) is 14.5. The second-order valence-electron chi connectivity index (χ2n) is 4.96. The van der Waals surface area contributed by atoms with Gasteiger partial charge in [0.25, 0.3) is 0 Å². The summed E-state index contributed by atoms with van der Waals surface area (Å²) in [7, 11) is 2.10. The Labute approximate surface area is 133 Å².